The second kappa shape index (κ2) is 11.2. The first kappa shape index (κ1) is 28.6. The van der Waals surface area contributed by atoms with Crippen LogP contribution in [-0.2, 0) is 25.8 Å². The summed E-state index contributed by atoms with van der Waals surface area (Å²) in [6, 6.07) is 7.32. The number of hydrogen-bond acceptors (Lipinski definition) is 3. The van der Waals surface area contributed by atoms with Gasteiger partial charge < -0.3 is 11.1 Å². The molecule has 0 atom stereocenters. The lowest BCUT2D eigenvalue weighted by molar-refractivity contribution is 0.100. The number of aryl methyl sites for hydroxylation is 2. The Balaban J connectivity index is 0.00000380. The van der Waals surface area contributed by atoms with E-state index in [1.165, 1.54) is 0 Å². The Bertz CT molecular complexity index is 1280. The Morgan fingerprint density at radius 3 is 2.32 bits per heavy atom. The lowest BCUT2D eigenvalue weighted by atomic mass is 9.93. The van der Waals surface area contributed by atoms with Gasteiger partial charge in [-0.15, -0.1) is 12.4 Å². The van der Waals surface area contributed by atoms with Crippen molar-refractivity contribution in [2.45, 2.75) is 72.4 Å². The fraction of sp³-hybridized carbons (Fsp3) is 0.429. The second-order valence-electron chi connectivity index (χ2n) is 9.96. The molecule has 1 aromatic heterocycles. The molecule has 0 fully saturated rings. The van der Waals surface area contributed by atoms with Gasteiger partial charge in [0.05, 0.1) is 22.8 Å². The van der Waals surface area contributed by atoms with Crippen molar-refractivity contribution in [3.05, 3.63) is 64.4 Å². The number of nitrogens with two attached hydrogens (primary N) is 1. The molecule has 0 saturated heterocycles. The van der Waals surface area contributed by atoms with Crippen LogP contribution in [-0.4, -0.2) is 32.8 Å². The zero-order chi connectivity index (χ0) is 26.2. The van der Waals surface area contributed by atoms with E-state index in [1.807, 2.05) is 10.7 Å². The van der Waals surface area contributed by atoms with Crippen molar-refractivity contribution >= 4 is 24.1 Å². The number of anilines is 1. The Hall–Kier alpha value is -2.97. The van der Waals surface area contributed by atoms with Crippen LogP contribution in [0.3, 0.4) is 0 Å². The Morgan fingerprint density at radius 1 is 1.11 bits per heavy atom. The van der Waals surface area contributed by atoms with E-state index < -0.39 is 17.7 Å². The number of carbonyl (C=O) groups is 1. The Labute approximate surface area is 223 Å². The van der Waals surface area contributed by atoms with Crippen molar-refractivity contribution in [2.24, 2.45) is 5.73 Å². The average Bonchev–Trinajstić information content (AvgIpc) is 3.23. The molecular formula is C28H36ClF2N5O. The van der Waals surface area contributed by atoms with Crippen LogP contribution in [0.2, 0.25) is 0 Å². The summed E-state index contributed by atoms with van der Waals surface area (Å²) in [4.78, 5) is 13.7. The molecule has 9 heteroatoms. The maximum atomic E-state index is 15.7. The number of hydrogen-bond donors (Lipinski definition) is 2. The highest BCUT2D eigenvalue weighted by molar-refractivity contribution is 5.88. The van der Waals surface area contributed by atoms with Crippen molar-refractivity contribution in [3.8, 4) is 16.9 Å². The summed E-state index contributed by atoms with van der Waals surface area (Å²) in [6.45, 7) is 12.2. The van der Waals surface area contributed by atoms with E-state index >= 15 is 8.78 Å². The molecule has 4 rings (SSSR count). The van der Waals surface area contributed by atoms with Gasteiger partial charge in [-0.2, -0.15) is 5.10 Å². The fourth-order valence-electron chi connectivity index (χ4n) is 5.00. The molecule has 2 aromatic carbocycles. The average molecular weight is 532 g/mol. The van der Waals surface area contributed by atoms with Gasteiger partial charge in [-0.25, -0.2) is 18.3 Å². The number of benzene rings is 2. The van der Waals surface area contributed by atoms with Gasteiger partial charge in [-0.3, -0.25) is 4.90 Å². The smallest absolute Gasteiger partial charge is 0.316 e. The molecule has 0 spiro atoms. The number of aromatic nitrogens is 2. The third kappa shape index (κ3) is 5.36. The number of halogens is 3. The first-order chi connectivity index (χ1) is 17.1. The van der Waals surface area contributed by atoms with Crippen molar-refractivity contribution in [1.82, 2.24) is 14.7 Å². The van der Waals surface area contributed by atoms with Crippen molar-refractivity contribution in [3.63, 3.8) is 0 Å². The van der Waals surface area contributed by atoms with Crippen LogP contribution in [0, 0.1) is 11.6 Å². The van der Waals surface area contributed by atoms with Gasteiger partial charge in [0.2, 0.25) is 0 Å². The number of para-hydroxylation sites is 1. The third-order valence-corrected chi connectivity index (χ3v) is 7.50. The third-order valence-electron chi connectivity index (χ3n) is 7.50. The van der Waals surface area contributed by atoms with Gasteiger partial charge in [-0.1, -0.05) is 39.0 Å². The summed E-state index contributed by atoms with van der Waals surface area (Å²) in [6.07, 6.45) is 3.24. The van der Waals surface area contributed by atoms with Crippen LogP contribution in [0.4, 0.5) is 19.3 Å². The molecule has 37 heavy (non-hydrogen) atoms. The van der Waals surface area contributed by atoms with E-state index in [-0.39, 0.29) is 29.2 Å². The van der Waals surface area contributed by atoms with Crippen molar-refractivity contribution in [2.75, 3.05) is 11.9 Å². The van der Waals surface area contributed by atoms with Gasteiger partial charge >= 0.3 is 6.03 Å². The lowest BCUT2D eigenvalue weighted by Crippen LogP contribution is -2.46. The maximum absolute atomic E-state index is 15.7. The minimum Gasteiger partial charge on any atom is -0.351 e. The van der Waals surface area contributed by atoms with E-state index in [1.54, 1.807) is 0 Å². The highest BCUT2D eigenvalue weighted by Crippen LogP contribution is 2.39. The molecule has 3 aromatic rings. The van der Waals surface area contributed by atoms with Crippen LogP contribution in [0.1, 0.15) is 63.4 Å². The molecule has 0 unspecified atom stereocenters. The van der Waals surface area contributed by atoms with Gasteiger partial charge in [0.15, 0.2) is 0 Å². The summed E-state index contributed by atoms with van der Waals surface area (Å²) in [5.41, 5.74) is 10.4. The van der Waals surface area contributed by atoms with Crippen LogP contribution in [0.15, 0.2) is 30.3 Å². The number of carbonyl (C=O) groups excluding carboxylic acids is 1. The number of rotatable bonds is 7. The number of fused-ring (bicyclic) bond motifs is 1. The summed E-state index contributed by atoms with van der Waals surface area (Å²) < 4.78 is 32.6. The van der Waals surface area contributed by atoms with Gasteiger partial charge in [0.25, 0.3) is 0 Å². The summed E-state index contributed by atoms with van der Waals surface area (Å²) >= 11 is 0. The second-order valence-corrected chi connectivity index (χ2v) is 9.96. The highest BCUT2D eigenvalue weighted by Gasteiger charge is 2.34. The molecule has 1 aliphatic rings. The zero-order valence-corrected chi connectivity index (χ0v) is 22.9. The van der Waals surface area contributed by atoms with E-state index in [0.29, 0.717) is 12.2 Å². The molecule has 6 nitrogen and oxygen atoms in total. The first-order valence-electron chi connectivity index (χ1n) is 12.6. The van der Waals surface area contributed by atoms with Crippen LogP contribution in [0.25, 0.3) is 16.9 Å². The molecule has 3 N–H and O–H groups in total. The summed E-state index contributed by atoms with van der Waals surface area (Å²) in [5, 5.41) is 7.17. The number of amides is 2. The fourth-order valence-corrected chi connectivity index (χ4v) is 5.00. The molecule has 2 heterocycles. The zero-order valence-electron chi connectivity index (χ0n) is 22.1. The molecular weight excluding hydrogens is 496 g/mol. The Morgan fingerprint density at radius 2 is 1.76 bits per heavy atom. The van der Waals surface area contributed by atoms with E-state index in [9.17, 15) is 4.79 Å². The van der Waals surface area contributed by atoms with E-state index in [0.717, 1.165) is 72.4 Å². The first-order valence-corrected chi connectivity index (χ1v) is 12.6. The maximum Gasteiger partial charge on any atom is 0.316 e. The standard InChI is InChI=1S/C28H35F2N5O.ClH/c1-6-17-10-9-11-18(7-2)25(17)35-26(19-14-22(30)24(15-21(19)29)32-27(31)36)20-16-34(28(4,5)8-3)13-12-23(20)33-35;/h9-11,14-15H,6-8,12-13,16H2,1-5H3,(H3,31,32,36);1H. The molecule has 0 saturated carbocycles. The number of nitrogens with zero attached hydrogens (tertiary/aromatic N) is 3. The monoisotopic (exact) mass is 531 g/mol. The highest BCUT2D eigenvalue weighted by atomic mass is 35.5. The number of primary amides is 1. The predicted molar refractivity (Wildman–Crippen MR) is 147 cm³/mol. The van der Waals surface area contributed by atoms with Gasteiger partial charge in [-0.05, 0) is 50.3 Å². The van der Waals surface area contributed by atoms with Crippen molar-refractivity contribution < 1.29 is 13.6 Å². The number of urea groups is 1. The van der Waals surface area contributed by atoms with Gasteiger partial charge in [0.1, 0.15) is 11.6 Å². The number of nitrogens with one attached hydrogen (secondary N) is 1. The van der Waals surface area contributed by atoms with Gasteiger partial charge in [0, 0.05) is 42.2 Å². The SMILES string of the molecule is CCc1cccc(CC)c1-n1nc2c(c1-c1cc(F)c(NC(N)=O)cc1F)CN(C(C)(C)CC)CC2.Cl. The normalized spacial score (nSPS) is 13.7. The van der Waals surface area contributed by atoms with Crippen molar-refractivity contribution in [1.29, 1.82) is 0 Å². The molecule has 1 aliphatic heterocycles. The summed E-state index contributed by atoms with van der Waals surface area (Å²) in [7, 11) is 0. The molecule has 0 radical (unpaired) electrons. The lowest BCUT2D eigenvalue weighted by Gasteiger charge is -2.40. The molecule has 0 aliphatic carbocycles. The topological polar surface area (TPSA) is 76.2 Å². The molecule has 0 bridgehead atoms. The minimum absolute atomic E-state index is 0. The predicted octanol–water partition coefficient (Wildman–Crippen LogP) is 6.40. The minimum atomic E-state index is -0.953. The quantitative estimate of drug-likeness (QED) is 0.370. The Kier molecular flexibility index (Phi) is 8.65. The van der Waals surface area contributed by atoms with Crippen LogP contribution >= 0.6 is 12.4 Å². The van der Waals surface area contributed by atoms with Crippen LogP contribution < -0.4 is 11.1 Å². The van der Waals surface area contributed by atoms with E-state index in [2.05, 4.69) is 57.0 Å². The molecule has 2 amide bonds. The largest absolute Gasteiger partial charge is 0.351 e. The summed E-state index contributed by atoms with van der Waals surface area (Å²) in [5.74, 6) is -1.41. The molecule has 200 valence electrons. The van der Waals surface area contributed by atoms with Crippen LogP contribution in [0.5, 0.6) is 0 Å². The van der Waals surface area contributed by atoms with E-state index in [4.69, 9.17) is 10.8 Å².